The monoisotopic (exact) mass is 499 g/mol. The van der Waals surface area contributed by atoms with E-state index in [0.29, 0.717) is 24.8 Å². The summed E-state index contributed by atoms with van der Waals surface area (Å²) in [6, 6.07) is 6.27. The molecule has 2 N–H and O–H groups in total. The maximum absolute atomic E-state index is 6.23. The van der Waals surface area contributed by atoms with Crippen molar-refractivity contribution in [3.63, 3.8) is 0 Å². The van der Waals surface area contributed by atoms with Gasteiger partial charge < -0.3 is 15.4 Å². The predicted molar refractivity (Wildman–Crippen MR) is 104 cm³/mol. The lowest BCUT2D eigenvalue weighted by Crippen LogP contribution is -2.47. The van der Waals surface area contributed by atoms with Gasteiger partial charge in [-0.2, -0.15) is 0 Å². The molecule has 0 radical (unpaired) electrons. The molecular weight excluding hydrogens is 480 g/mol. The molecule has 3 atom stereocenters. The van der Waals surface area contributed by atoms with Crippen molar-refractivity contribution in [3.8, 4) is 0 Å². The Morgan fingerprint density at radius 3 is 2.86 bits per heavy atom. The van der Waals surface area contributed by atoms with Gasteiger partial charge in [0.15, 0.2) is 5.96 Å². The fraction of sp³-hybridized carbons (Fsp3) is 0.533. The van der Waals surface area contributed by atoms with E-state index >= 15 is 0 Å². The molecule has 0 spiro atoms. The molecule has 0 aromatic heterocycles. The Kier molecular flexibility index (Phi) is 6.79. The van der Waals surface area contributed by atoms with Gasteiger partial charge in [0, 0.05) is 23.1 Å². The minimum atomic E-state index is 0. The van der Waals surface area contributed by atoms with Crippen molar-refractivity contribution in [2.24, 2.45) is 4.99 Å². The summed E-state index contributed by atoms with van der Waals surface area (Å²) in [4.78, 5) is 4.28. The van der Waals surface area contributed by atoms with E-state index in [1.54, 1.807) is 7.05 Å². The number of rotatable bonds is 3. The zero-order valence-electron chi connectivity index (χ0n) is 12.3. The number of nitrogens with zero attached hydrogens (tertiary/aromatic N) is 1. The van der Waals surface area contributed by atoms with Gasteiger partial charge in [-0.3, -0.25) is 4.99 Å². The van der Waals surface area contributed by atoms with Gasteiger partial charge in [-0.1, -0.05) is 33.6 Å². The Labute approximate surface area is 161 Å². The molecule has 2 aliphatic rings. The molecule has 3 unspecified atom stereocenters. The second-order valence-corrected chi connectivity index (χ2v) is 6.84. The molecule has 2 bridgehead atoms. The third kappa shape index (κ3) is 4.27. The first-order valence-electron chi connectivity index (χ1n) is 7.22. The number of hydrogen-bond acceptors (Lipinski definition) is 2. The van der Waals surface area contributed by atoms with Gasteiger partial charge in [0.25, 0.3) is 0 Å². The fourth-order valence-electron chi connectivity index (χ4n) is 3.00. The van der Waals surface area contributed by atoms with E-state index in [-0.39, 0.29) is 24.0 Å². The molecule has 3 rings (SSSR count). The van der Waals surface area contributed by atoms with E-state index in [1.165, 1.54) is 6.42 Å². The van der Waals surface area contributed by atoms with Gasteiger partial charge in [0.1, 0.15) is 0 Å². The van der Waals surface area contributed by atoms with E-state index in [9.17, 15) is 0 Å². The summed E-state index contributed by atoms with van der Waals surface area (Å²) in [5, 5.41) is 7.52. The number of fused-ring (bicyclic) bond motifs is 2. The van der Waals surface area contributed by atoms with Crippen LogP contribution in [0.25, 0.3) is 0 Å². The number of aliphatic imine (C=N–C) groups is 1. The molecule has 0 aliphatic carbocycles. The summed E-state index contributed by atoms with van der Waals surface area (Å²) >= 11 is 9.64. The van der Waals surface area contributed by atoms with E-state index in [4.69, 9.17) is 16.3 Å². The van der Waals surface area contributed by atoms with Crippen molar-refractivity contribution in [1.29, 1.82) is 0 Å². The number of nitrogens with one attached hydrogen (secondary N) is 2. The zero-order valence-corrected chi connectivity index (χ0v) is 17.0. The van der Waals surface area contributed by atoms with Crippen LogP contribution in [0, 0.1) is 0 Å². The summed E-state index contributed by atoms with van der Waals surface area (Å²) in [5.41, 5.74) is 1.05. The first kappa shape index (κ1) is 18.3. The van der Waals surface area contributed by atoms with Crippen LogP contribution in [0.1, 0.15) is 24.8 Å². The van der Waals surface area contributed by atoms with Gasteiger partial charge >= 0.3 is 0 Å². The molecule has 2 heterocycles. The van der Waals surface area contributed by atoms with Crippen molar-refractivity contribution in [2.45, 2.75) is 44.1 Å². The average molecular weight is 501 g/mol. The van der Waals surface area contributed by atoms with Crippen LogP contribution in [0.4, 0.5) is 0 Å². The molecule has 22 heavy (non-hydrogen) atoms. The van der Waals surface area contributed by atoms with Crippen molar-refractivity contribution in [2.75, 3.05) is 7.05 Å². The summed E-state index contributed by atoms with van der Waals surface area (Å²) in [6.07, 6.45) is 4.20. The molecule has 2 saturated heterocycles. The lowest BCUT2D eigenvalue weighted by Gasteiger charge is -2.22. The molecule has 122 valence electrons. The normalized spacial score (nSPS) is 26.7. The highest BCUT2D eigenvalue weighted by Crippen LogP contribution is 2.34. The Bertz CT molecular complexity index is 558. The number of halogens is 3. The number of hydrogen-bond donors (Lipinski definition) is 2. The Balaban J connectivity index is 0.00000176. The third-order valence-electron chi connectivity index (χ3n) is 4.11. The zero-order chi connectivity index (χ0) is 14.8. The van der Waals surface area contributed by atoms with E-state index < -0.39 is 0 Å². The molecule has 7 heteroatoms. The summed E-state index contributed by atoms with van der Waals surface area (Å²) in [6.45, 7) is 0.646. The standard InChI is InChI=1S/C15H19BrClN3O.HI/c1-18-15(20-13-7-11-4-5-14(13)21-11)19-8-9-2-3-10(16)6-12(9)17;/h2-3,6,11,13-14H,4-5,7-8H2,1H3,(H2,18,19,20);1H. The van der Waals surface area contributed by atoms with Gasteiger partial charge in [-0.25, -0.2) is 0 Å². The van der Waals surface area contributed by atoms with Crippen LogP contribution in [-0.2, 0) is 11.3 Å². The van der Waals surface area contributed by atoms with Gasteiger partial charge in [-0.15, -0.1) is 24.0 Å². The van der Waals surface area contributed by atoms with E-state index in [2.05, 4.69) is 31.6 Å². The van der Waals surface area contributed by atoms with Crippen LogP contribution in [0.15, 0.2) is 27.7 Å². The van der Waals surface area contributed by atoms with E-state index in [1.807, 2.05) is 18.2 Å². The maximum atomic E-state index is 6.23. The minimum absolute atomic E-state index is 0. The predicted octanol–water partition coefficient (Wildman–Crippen LogP) is 3.71. The molecule has 4 nitrogen and oxygen atoms in total. The average Bonchev–Trinajstić information content (AvgIpc) is 3.07. The molecule has 1 aromatic carbocycles. The van der Waals surface area contributed by atoms with Crippen molar-refractivity contribution < 1.29 is 4.74 Å². The van der Waals surface area contributed by atoms with E-state index in [0.717, 1.165) is 33.9 Å². The Morgan fingerprint density at radius 1 is 1.45 bits per heavy atom. The van der Waals surface area contributed by atoms with Crippen LogP contribution < -0.4 is 10.6 Å². The second kappa shape index (κ2) is 8.17. The van der Waals surface area contributed by atoms with Gasteiger partial charge in [-0.05, 0) is 37.0 Å². The second-order valence-electron chi connectivity index (χ2n) is 5.52. The quantitative estimate of drug-likeness (QED) is 0.378. The van der Waals surface area contributed by atoms with Crippen molar-refractivity contribution >= 4 is 57.5 Å². The number of benzene rings is 1. The van der Waals surface area contributed by atoms with Crippen molar-refractivity contribution in [1.82, 2.24) is 10.6 Å². The highest BCUT2D eigenvalue weighted by molar-refractivity contribution is 14.0. The Hall–Kier alpha value is -0.0500. The lowest BCUT2D eigenvalue weighted by atomic mass is 9.96. The number of ether oxygens (including phenoxy) is 1. The smallest absolute Gasteiger partial charge is 0.191 e. The molecular formula is C15H20BrClIN3O. The van der Waals surface area contributed by atoms with Gasteiger partial charge in [0.2, 0.25) is 0 Å². The summed E-state index contributed by atoms with van der Waals surface area (Å²) in [7, 11) is 1.78. The highest BCUT2D eigenvalue weighted by atomic mass is 127. The SMILES string of the molecule is CN=C(NCc1ccc(Br)cc1Cl)NC1CC2CCC1O2.I. The minimum Gasteiger partial charge on any atom is -0.373 e. The molecule has 2 aliphatic heterocycles. The molecule has 0 amide bonds. The largest absolute Gasteiger partial charge is 0.373 e. The topological polar surface area (TPSA) is 45.7 Å². The molecule has 1 aromatic rings. The van der Waals surface area contributed by atoms with Gasteiger partial charge in [0.05, 0.1) is 18.2 Å². The number of guanidine groups is 1. The van der Waals surface area contributed by atoms with Crippen LogP contribution >= 0.6 is 51.5 Å². The fourth-order valence-corrected chi connectivity index (χ4v) is 3.74. The maximum Gasteiger partial charge on any atom is 0.191 e. The lowest BCUT2D eigenvalue weighted by molar-refractivity contribution is 0.0992. The van der Waals surface area contributed by atoms with Crippen LogP contribution in [0.3, 0.4) is 0 Å². The molecule has 2 fully saturated rings. The van der Waals surface area contributed by atoms with Crippen molar-refractivity contribution in [3.05, 3.63) is 33.3 Å². The summed E-state index contributed by atoms with van der Waals surface area (Å²) in [5.74, 6) is 0.801. The van der Waals surface area contributed by atoms with Crippen LogP contribution in [0.2, 0.25) is 5.02 Å². The summed E-state index contributed by atoms with van der Waals surface area (Å²) < 4.78 is 6.84. The molecule has 0 saturated carbocycles. The highest BCUT2D eigenvalue weighted by Gasteiger charge is 2.41. The first-order valence-corrected chi connectivity index (χ1v) is 8.39. The van der Waals surface area contributed by atoms with Crippen LogP contribution in [0.5, 0.6) is 0 Å². The van der Waals surface area contributed by atoms with Crippen LogP contribution in [-0.4, -0.2) is 31.3 Å². The third-order valence-corrected chi connectivity index (χ3v) is 4.96. The Morgan fingerprint density at radius 2 is 2.27 bits per heavy atom. The first-order chi connectivity index (χ1) is 10.2.